The number of carbonyl (C=O) groups excluding carboxylic acids is 1. The lowest BCUT2D eigenvalue weighted by Gasteiger charge is -2.62. The van der Waals surface area contributed by atoms with E-state index in [0.717, 1.165) is 5.70 Å². The van der Waals surface area contributed by atoms with E-state index in [9.17, 15) is 4.79 Å². The summed E-state index contributed by atoms with van der Waals surface area (Å²) in [5.41, 5.74) is 4.53. The number of hydrogen-bond acceptors (Lipinski definition) is 4. The molecule has 0 radical (unpaired) electrons. The molecule has 3 aliphatic rings. The molecule has 0 aromatic heterocycles. The van der Waals surface area contributed by atoms with Crippen molar-refractivity contribution in [2.75, 3.05) is 6.54 Å². The van der Waals surface area contributed by atoms with Crippen LogP contribution in [0, 0.1) is 0 Å². The molecule has 2 bridgehead atoms. The molecule has 0 aromatic rings. The lowest BCUT2D eigenvalue weighted by molar-refractivity contribution is -0.145. The van der Waals surface area contributed by atoms with Gasteiger partial charge in [-0.2, -0.15) is 0 Å². The van der Waals surface area contributed by atoms with Gasteiger partial charge in [0.15, 0.2) is 0 Å². The zero-order valence-corrected chi connectivity index (χ0v) is 9.16. The number of ketones is 1. The molecule has 0 amide bonds. The van der Waals surface area contributed by atoms with Crippen LogP contribution in [-0.2, 0) is 4.79 Å². The summed E-state index contributed by atoms with van der Waals surface area (Å²) in [6, 6.07) is 0. The van der Waals surface area contributed by atoms with Crippen molar-refractivity contribution in [3.05, 3.63) is 11.9 Å². The van der Waals surface area contributed by atoms with Crippen LogP contribution in [0.15, 0.2) is 11.9 Å². The zero-order chi connectivity index (χ0) is 10.5. The molecule has 3 aliphatic heterocycles. The summed E-state index contributed by atoms with van der Waals surface area (Å²) in [7, 11) is 0. The predicted octanol–water partition coefficient (Wildman–Crippen LogP) is 0.677. The number of nitrogens with one attached hydrogen (secondary N) is 1. The molecule has 4 nitrogen and oxygen atoms in total. The molecule has 0 aromatic carbocycles. The molecule has 3 rings (SSSR count). The molecular weight excluding hydrogens is 178 g/mol. The van der Waals surface area contributed by atoms with Crippen LogP contribution in [-0.4, -0.2) is 33.9 Å². The average molecular weight is 195 g/mol. The second kappa shape index (κ2) is 2.73. The number of allylic oxidation sites excluding steroid dienone is 1. The van der Waals surface area contributed by atoms with Gasteiger partial charge in [0, 0.05) is 11.9 Å². The fraction of sp³-hybridized carbons (Fsp3) is 0.700. The summed E-state index contributed by atoms with van der Waals surface area (Å²) in [5.74, 6) is 0.204. The fourth-order valence-corrected chi connectivity index (χ4v) is 2.10. The van der Waals surface area contributed by atoms with Crippen LogP contribution in [0.2, 0.25) is 0 Å². The summed E-state index contributed by atoms with van der Waals surface area (Å²) in [4.78, 5) is 13.2. The Labute approximate surface area is 84.5 Å². The lowest BCUT2D eigenvalue weighted by atomic mass is 9.91. The second-order valence-corrected chi connectivity index (χ2v) is 4.66. The SMILES string of the molecule is CC(=O)CN1C(C)=CN2N[C@@H]1C2(C)C. The number of nitrogens with zero attached hydrogens (tertiary/aromatic N) is 2. The van der Waals surface area contributed by atoms with Crippen LogP contribution in [0.5, 0.6) is 0 Å². The summed E-state index contributed by atoms with van der Waals surface area (Å²) in [6.45, 7) is 8.51. The first-order valence-corrected chi connectivity index (χ1v) is 4.93. The van der Waals surface area contributed by atoms with Crippen LogP contribution in [0.3, 0.4) is 0 Å². The number of hydrogen-bond donors (Lipinski definition) is 1. The predicted molar refractivity (Wildman–Crippen MR) is 54.0 cm³/mol. The van der Waals surface area contributed by atoms with E-state index in [2.05, 4.69) is 35.4 Å². The summed E-state index contributed by atoms with van der Waals surface area (Å²) in [6.07, 6.45) is 2.32. The second-order valence-electron chi connectivity index (χ2n) is 4.66. The molecule has 0 spiro atoms. The van der Waals surface area contributed by atoms with Gasteiger partial charge >= 0.3 is 0 Å². The van der Waals surface area contributed by atoms with Crippen molar-refractivity contribution >= 4 is 5.78 Å². The van der Waals surface area contributed by atoms with Crippen molar-refractivity contribution in [2.45, 2.75) is 39.4 Å². The van der Waals surface area contributed by atoms with Gasteiger partial charge in [0.2, 0.25) is 0 Å². The van der Waals surface area contributed by atoms with Crippen molar-refractivity contribution in [1.29, 1.82) is 0 Å². The molecule has 1 saturated heterocycles. The van der Waals surface area contributed by atoms with E-state index < -0.39 is 0 Å². The van der Waals surface area contributed by atoms with Crippen molar-refractivity contribution < 1.29 is 4.79 Å². The molecule has 4 heteroatoms. The van der Waals surface area contributed by atoms with Gasteiger partial charge in [0.25, 0.3) is 0 Å². The van der Waals surface area contributed by atoms with Gasteiger partial charge in [0.05, 0.1) is 12.1 Å². The Morgan fingerprint density at radius 2 is 2.29 bits per heavy atom. The third kappa shape index (κ3) is 1.14. The first-order chi connectivity index (χ1) is 6.43. The van der Waals surface area contributed by atoms with Gasteiger partial charge in [-0.05, 0) is 27.7 Å². The number of rotatable bonds is 2. The monoisotopic (exact) mass is 195 g/mol. The number of fused-ring (bicyclic) bond motifs is 1. The molecule has 0 aliphatic carbocycles. The van der Waals surface area contributed by atoms with Crippen LogP contribution in [0.1, 0.15) is 27.7 Å². The van der Waals surface area contributed by atoms with Crippen LogP contribution in [0.25, 0.3) is 0 Å². The summed E-state index contributed by atoms with van der Waals surface area (Å²) >= 11 is 0. The Morgan fingerprint density at radius 1 is 1.64 bits per heavy atom. The quantitative estimate of drug-likeness (QED) is 0.702. The Hall–Kier alpha value is -1.03. The minimum absolute atomic E-state index is 0.0922. The standard InChI is InChI=1S/C10H17N3O/c1-7-5-13-10(3,4)9(11-13)12(7)6-8(2)14/h5,9,11H,6H2,1-4H3/t9-/m0/s1. The third-order valence-corrected chi connectivity index (χ3v) is 3.03. The van der Waals surface area contributed by atoms with Gasteiger partial charge in [0.1, 0.15) is 11.9 Å². The van der Waals surface area contributed by atoms with E-state index in [1.807, 2.05) is 6.92 Å². The molecule has 0 unspecified atom stereocenters. The summed E-state index contributed by atoms with van der Waals surface area (Å²) in [5, 5.41) is 2.10. The van der Waals surface area contributed by atoms with E-state index in [4.69, 9.17) is 0 Å². The van der Waals surface area contributed by atoms with Gasteiger partial charge < -0.3 is 9.91 Å². The Morgan fingerprint density at radius 3 is 2.79 bits per heavy atom. The zero-order valence-electron chi connectivity index (χ0n) is 9.16. The van der Waals surface area contributed by atoms with Gasteiger partial charge in [-0.1, -0.05) is 0 Å². The first-order valence-electron chi connectivity index (χ1n) is 4.93. The molecule has 1 fully saturated rings. The summed E-state index contributed by atoms with van der Waals surface area (Å²) < 4.78 is 0. The van der Waals surface area contributed by atoms with Crippen LogP contribution >= 0.6 is 0 Å². The minimum atomic E-state index is 0.0922. The molecule has 1 atom stereocenters. The van der Waals surface area contributed by atoms with Crippen molar-refractivity contribution in [1.82, 2.24) is 15.3 Å². The highest BCUT2D eigenvalue weighted by molar-refractivity contribution is 5.78. The van der Waals surface area contributed by atoms with Gasteiger partial charge in [-0.3, -0.25) is 4.79 Å². The smallest absolute Gasteiger partial charge is 0.149 e. The molecule has 14 heavy (non-hydrogen) atoms. The largest absolute Gasteiger partial charge is 0.347 e. The fourth-order valence-electron chi connectivity index (χ4n) is 2.10. The normalized spacial score (nSPS) is 28.3. The number of hydrazine groups is 1. The lowest BCUT2D eigenvalue weighted by Crippen LogP contribution is -2.81. The maximum atomic E-state index is 11.1. The van der Waals surface area contributed by atoms with E-state index in [1.54, 1.807) is 6.92 Å². The molecular formula is C10H17N3O. The third-order valence-electron chi connectivity index (χ3n) is 3.03. The average Bonchev–Trinajstić information content (AvgIpc) is 2.06. The Bertz CT molecular complexity index is 308. The first kappa shape index (κ1) is 9.52. The van der Waals surface area contributed by atoms with Gasteiger partial charge in [-0.25, -0.2) is 5.43 Å². The molecule has 1 N–H and O–H groups in total. The van der Waals surface area contributed by atoms with Crippen LogP contribution < -0.4 is 5.43 Å². The van der Waals surface area contributed by atoms with Crippen molar-refractivity contribution in [3.8, 4) is 0 Å². The highest BCUT2D eigenvalue weighted by Crippen LogP contribution is 2.36. The van der Waals surface area contributed by atoms with E-state index in [1.165, 1.54) is 0 Å². The number of Topliss-reactive ketones (excluding diaryl/α,β-unsaturated/α-hetero) is 1. The van der Waals surface area contributed by atoms with E-state index in [-0.39, 0.29) is 17.5 Å². The Kier molecular flexibility index (Phi) is 1.86. The highest BCUT2D eigenvalue weighted by Gasteiger charge is 2.51. The molecule has 78 valence electrons. The van der Waals surface area contributed by atoms with E-state index >= 15 is 0 Å². The minimum Gasteiger partial charge on any atom is -0.347 e. The maximum absolute atomic E-state index is 11.1. The van der Waals surface area contributed by atoms with E-state index in [0.29, 0.717) is 6.54 Å². The van der Waals surface area contributed by atoms with Gasteiger partial charge in [-0.15, -0.1) is 0 Å². The Balaban J connectivity index is 2.21. The van der Waals surface area contributed by atoms with Crippen molar-refractivity contribution in [2.24, 2.45) is 0 Å². The van der Waals surface area contributed by atoms with Crippen molar-refractivity contribution in [3.63, 3.8) is 0 Å². The highest BCUT2D eigenvalue weighted by atomic mass is 16.1. The van der Waals surface area contributed by atoms with Crippen LogP contribution in [0.4, 0.5) is 0 Å². The molecule has 0 saturated carbocycles. The molecule has 3 heterocycles. The topological polar surface area (TPSA) is 35.6 Å². The maximum Gasteiger partial charge on any atom is 0.149 e. The number of carbonyl (C=O) groups is 1.